The monoisotopic (exact) mass is 330 g/mol. The van der Waals surface area contributed by atoms with Crippen molar-refractivity contribution in [1.29, 1.82) is 0 Å². The SMILES string of the molecule is C=C(Br)CC(/C=C/C=C/C)O[Si](CC)(CC)CC. The topological polar surface area (TPSA) is 9.23 Å². The van der Waals surface area contributed by atoms with Gasteiger partial charge in [0.2, 0.25) is 0 Å². The first kappa shape index (κ1) is 17.9. The minimum atomic E-state index is -1.54. The van der Waals surface area contributed by atoms with E-state index in [2.05, 4.69) is 55.4 Å². The standard InChI is InChI=1S/C15H27BrOSi/c1-6-10-11-12-15(13-14(5)16)17-18(7-2,8-3)9-4/h6,10-12,15H,5,7-9,13H2,1-4H3/b10-6+,12-11+. The van der Waals surface area contributed by atoms with Crippen molar-refractivity contribution in [2.45, 2.75) is 58.4 Å². The molecule has 104 valence electrons. The highest BCUT2D eigenvalue weighted by Gasteiger charge is 2.31. The molecule has 0 radical (unpaired) electrons. The largest absolute Gasteiger partial charge is 0.410 e. The molecule has 1 nitrogen and oxygen atoms in total. The molecule has 1 atom stereocenters. The van der Waals surface area contributed by atoms with Crippen molar-refractivity contribution in [3.63, 3.8) is 0 Å². The average Bonchev–Trinajstić information content (AvgIpc) is 2.35. The lowest BCUT2D eigenvalue weighted by Gasteiger charge is -2.32. The summed E-state index contributed by atoms with van der Waals surface area (Å²) < 4.78 is 7.47. The van der Waals surface area contributed by atoms with Crippen LogP contribution in [0.5, 0.6) is 0 Å². The van der Waals surface area contributed by atoms with Gasteiger partial charge in [0.05, 0.1) is 6.10 Å². The van der Waals surface area contributed by atoms with Crippen LogP contribution in [-0.4, -0.2) is 14.4 Å². The predicted octanol–water partition coefficient (Wildman–Crippen LogP) is 5.81. The van der Waals surface area contributed by atoms with E-state index in [1.807, 2.05) is 19.1 Å². The highest BCUT2D eigenvalue weighted by atomic mass is 79.9. The van der Waals surface area contributed by atoms with Crippen molar-refractivity contribution in [3.8, 4) is 0 Å². The molecule has 18 heavy (non-hydrogen) atoms. The third kappa shape index (κ3) is 6.71. The molecule has 3 heteroatoms. The number of halogens is 1. The Morgan fingerprint density at radius 3 is 2.17 bits per heavy atom. The predicted molar refractivity (Wildman–Crippen MR) is 88.7 cm³/mol. The van der Waals surface area contributed by atoms with Crippen LogP contribution < -0.4 is 0 Å². The molecule has 0 fully saturated rings. The van der Waals surface area contributed by atoms with Crippen LogP contribution in [0.3, 0.4) is 0 Å². The van der Waals surface area contributed by atoms with Crippen molar-refractivity contribution >= 4 is 24.2 Å². The second kappa shape index (κ2) is 9.76. The van der Waals surface area contributed by atoms with E-state index >= 15 is 0 Å². The van der Waals surface area contributed by atoms with Gasteiger partial charge in [-0.3, -0.25) is 0 Å². The lowest BCUT2D eigenvalue weighted by molar-refractivity contribution is 0.235. The molecule has 0 heterocycles. The maximum atomic E-state index is 6.47. The highest BCUT2D eigenvalue weighted by Crippen LogP contribution is 2.26. The molecule has 0 bridgehead atoms. The summed E-state index contributed by atoms with van der Waals surface area (Å²) in [6, 6.07) is 3.55. The number of hydrogen-bond acceptors (Lipinski definition) is 1. The van der Waals surface area contributed by atoms with Crippen LogP contribution in [0.1, 0.15) is 34.1 Å². The Balaban J connectivity index is 4.79. The van der Waals surface area contributed by atoms with E-state index in [0.717, 1.165) is 10.9 Å². The third-order valence-corrected chi connectivity index (χ3v) is 8.38. The Kier molecular flexibility index (Phi) is 9.69. The molecule has 0 N–H and O–H groups in total. The van der Waals surface area contributed by atoms with Crippen LogP contribution in [0.4, 0.5) is 0 Å². The van der Waals surface area contributed by atoms with Gasteiger partial charge in [0.25, 0.3) is 0 Å². The van der Waals surface area contributed by atoms with Gasteiger partial charge in [0.15, 0.2) is 8.32 Å². The van der Waals surface area contributed by atoms with Crippen LogP contribution in [0.25, 0.3) is 0 Å². The lowest BCUT2D eigenvalue weighted by atomic mass is 10.2. The van der Waals surface area contributed by atoms with Crippen LogP contribution in [0, 0.1) is 0 Å². The fourth-order valence-corrected chi connectivity index (χ4v) is 5.11. The molecular formula is C15H27BrOSi. The van der Waals surface area contributed by atoms with Gasteiger partial charge in [-0.1, -0.05) is 67.6 Å². The molecule has 0 aliphatic carbocycles. The Bertz CT molecular complexity index is 285. The maximum absolute atomic E-state index is 6.47. The highest BCUT2D eigenvalue weighted by molar-refractivity contribution is 9.11. The van der Waals surface area contributed by atoms with E-state index < -0.39 is 8.32 Å². The smallest absolute Gasteiger partial charge is 0.192 e. The van der Waals surface area contributed by atoms with E-state index in [9.17, 15) is 0 Å². The van der Waals surface area contributed by atoms with E-state index in [1.165, 1.54) is 18.1 Å². The molecule has 1 unspecified atom stereocenters. The maximum Gasteiger partial charge on any atom is 0.192 e. The van der Waals surface area contributed by atoms with Gasteiger partial charge in [-0.25, -0.2) is 0 Å². The van der Waals surface area contributed by atoms with E-state index in [0.29, 0.717) is 0 Å². The van der Waals surface area contributed by atoms with E-state index in [1.54, 1.807) is 0 Å². The molecular weight excluding hydrogens is 304 g/mol. The van der Waals surface area contributed by atoms with Gasteiger partial charge in [0.1, 0.15) is 0 Å². The third-order valence-electron chi connectivity index (χ3n) is 3.39. The first-order valence-corrected chi connectivity index (χ1v) is 10.2. The Morgan fingerprint density at radius 2 is 1.78 bits per heavy atom. The number of rotatable bonds is 9. The zero-order valence-corrected chi connectivity index (χ0v) is 14.8. The van der Waals surface area contributed by atoms with Crippen molar-refractivity contribution in [1.82, 2.24) is 0 Å². The van der Waals surface area contributed by atoms with Crippen molar-refractivity contribution in [2.75, 3.05) is 0 Å². The van der Waals surface area contributed by atoms with Crippen LogP contribution in [0.15, 0.2) is 35.4 Å². The molecule has 0 saturated heterocycles. The molecule has 0 aromatic rings. The number of hydrogen-bond donors (Lipinski definition) is 0. The quantitative estimate of drug-likeness (QED) is 0.383. The summed E-state index contributed by atoms with van der Waals surface area (Å²) in [4.78, 5) is 0. The van der Waals surface area contributed by atoms with Gasteiger partial charge in [-0.05, 0) is 29.5 Å². The van der Waals surface area contributed by atoms with Gasteiger partial charge in [-0.2, -0.15) is 0 Å². The summed E-state index contributed by atoms with van der Waals surface area (Å²) in [6.07, 6.45) is 9.29. The molecule has 0 rings (SSSR count). The molecule has 0 amide bonds. The second-order valence-corrected chi connectivity index (χ2v) is 10.4. The summed E-state index contributed by atoms with van der Waals surface area (Å²) in [5, 5.41) is 0. The molecule has 0 aromatic heterocycles. The van der Waals surface area contributed by atoms with Crippen molar-refractivity contribution in [2.24, 2.45) is 0 Å². The second-order valence-electron chi connectivity index (χ2n) is 4.53. The lowest BCUT2D eigenvalue weighted by Crippen LogP contribution is -2.39. The summed E-state index contributed by atoms with van der Waals surface area (Å²) in [5.74, 6) is 0. The van der Waals surface area contributed by atoms with Gasteiger partial charge in [-0.15, -0.1) is 0 Å². The molecule has 0 aromatic carbocycles. The summed E-state index contributed by atoms with van der Waals surface area (Å²) in [6.45, 7) is 12.7. The van der Waals surface area contributed by atoms with Crippen LogP contribution in [-0.2, 0) is 4.43 Å². The minimum Gasteiger partial charge on any atom is -0.410 e. The van der Waals surface area contributed by atoms with Gasteiger partial charge < -0.3 is 4.43 Å². The summed E-state index contributed by atoms with van der Waals surface area (Å²) in [7, 11) is -1.54. The Labute approximate surface area is 122 Å². The van der Waals surface area contributed by atoms with E-state index in [4.69, 9.17) is 4.43 Å². The molecule has 0 aliphatic heterocycles. The number of allylic oxidation sites excluding steroid dienone is 3. The van der Waals surface area contributed by atoms with Crippen molar-refractivity contribution < 1.29 is 4.43 Å². The summed E-state index contributed by atoms with van der Waals surface area (Å²) in [5.41, 5.74) is 0. The van der Waals surface area contributed by atoms with Crippen LogP contribution >= 0.6 is 15.9 Å². The minimum absolute atomic E-state index is 0.152. The van der Waals surface area contributed by atoms with Gasteiger partial charge >= 0.3 is 0 Å². The average molecular weight is 331 g/mol. The van der Waals surface area contributed by atoms with Crippen LogP contribution in [0.2, 0.25) is 18.1 Å². The molecule has 0 saturated carbocycles. The first-order chi connectivity index (χ1) is 8.53. The summed E-state index contributed by atoms with van der Waals surface area (Å²) >= 11 is 3.45. The fourth-order valence-electron chi connectivity index (χ4n) is 1.99. The fraction of sp³-hybridized carbons (Fsp3) is 0.600. The van der Waals surface area contributed by atoms with Gasteiger partial charge in [0, 0.05) is 6.42 Å². The Morgan fingerprint density at radius 1 is 1.22 bits per heavy atom. The first-order valence-electron chi connectivity index (χ1n) is 6.84. The zero-order valence-electron chi connectivity index (χ0n) is 12.2. The van der Waals surface area contributed by atoms with E-state index in [-0.39, 0.29) is 6.10 Å². The molecule has 0 spiro atoms. The normalized spacial score (nSPS) is 14.5. The molecule has 0 aliphatic rings. The zero-order chi connectivity index (χ0) is 14.0. The van der Waals surface area contributed by atoms with Crippen molar-refractivity contribution in [3.05, 3.63) is 35.4 Å². The Hall–Kier alpha value is -0.123.